The second kappa shape index (κ2) is 2.94. The zero-order valence-corrected chi connectivity index (χ0v) is 7.29. The molecule has 0 aliphatic heterocycles. The van der Waals surface area contributed by atoms with E-state index in [0.717, 1.165) is 24.2 Å². The fourth-order valence-corrected chi connectivity index (χ4v) is 1.66. The van der Waals surface area contributed by atoms with Crippen molar-refractivity contribution in [3.63, 3.8) is 0 Å². The van der Waals surface area contributed by atoms with Crippen LogP contribution in [0.4, 0.5) is 0 Å². The van der Waals surface area contributed by atoms with Gasteiger partial charge in [-0.05, 0) is 37.3 Å². The first-order valence-electron chi connectivity index (χ1n) is 4.51. The molecule has 1 atom stereocenters. The average molecular weight is 166 g/mol. The van der Waals surface area contributed by atoms with Gasteiger partial charge in [0.15, 0.2) is 0 Å². The third-order valence-corrected chi connectivity index (χ3v) is 2.77. The molecule has 2 nitrogen and oxygen atoms in total. The molecule has 1 fully saturated rings. The van der Waals surface area contributed by atoms with Crippen LogP contribution in [0, 0.1) is 12.8 Å². The fraction of sp³-hybridized carbons (Fsp3) is 0.600. The largest absolute Gasteiger partial charge is 0.466 e. The van der Waals surface area contributed by atoms with Crippen LogP contribution in [-0.2, 0) is 0 Å². The van der Waals surface area contributed by atoms with Gasteiger partial charge >= 0.3 is 0 Å². The number of aliphatic hydroxyl groups is 1. The number of furan rings is 1. The quantitative estimate of drug-likeness (QED) is 0.732. The smallest absolute Gasteiger partial charge is 0.135 e. The van der Waals surface area contributed by atoms with Gasteiger partial charge in [-0.2, -0.15) is 0 Å². The highest BCUT2D eigenvalue weighted by molar-refractivity contribution is 5.17. The van der Waals surface area contributed by atoms with Crippen molar-refractivity contribution in [2.24, 2.45) is 5.92 Å². The third kappa shape index (κ3) is 1.16. The lowest BCUT2D eigenvalue weighted by Crippen LogP contribution is -2.20. The first-order chi connectivity index (χ1) is 5.79. The van der Waals surface area contributed by atoms with Gasteiger partial charge in [-0.3, -0.25) is 0 Å². The summed E-state index contributed by atoms with van der Waals surface area (Å²) < 4.78 is 5.23. The van der Waals surface area contributed by atoms with Crippen LogP contribution < -0.4 is 0 Å². The minimum atomic E-state index is -0.367. The number of aliphatic hydroxyl groups excluding tert-OH is 1. The summed E-state index contributed by atoms with van der Waals surface area (Å²) in [5, 5.41) is 9.82. The van der Waals surface area contributed by atoms with Crippen LogP contribution in [0.15, 0.2) is 16.7 Å². The summed E-state index contributed by atoms with van der Waals surface area (Å²) in [6.07, 6.45) is 4.81. The molecule has 12 heavy (non-hydrogen) atoms. The maximum Gasteiger partial charge on any atom is 0.135 e. The summed E-state index contributed by atoms with van der Waals surface area (Å²) >= 11 is 0. The van der Waals surface area contributed by atoms with E-state index in [0.29, 0.717) is 5.92 Å². The summed E-state index contributed by atoms with van der Waals surface area (Å²) in [5.74, 6) is 1.20. The predicted molar refractivity (Wildman–Crippen MR) is 45.7 cm³/mol. The van der Waals surface area contributed by atoms with Gasteiger partial charge < -0.3 is 9.52 Å². The van der Waals surface area contributed by atoms with E-state index in [1.807, 2.05) is 13.0 Å². The molecule has 1 saturated carbocycles. The molecule has 1 aromatic rings. The Labute approximate surface area is 72.2 Å². The standard InChI is InChI=1S/C10H14O2/c1-7-5-6-12-10(7)9(11)8-3-2-4-8/h5-6,8-9,11H,2-4H2,1H3. The van der Waals surface area contributed by atoms with Gasteiger partial charge in [0.1, 0.15) is 11.9 Å². The van der Waals surface area contributed by atoms with Crippen LogP contribution >= 0.6 is 0 Å². The van der Waals surface area contributed by atoms with Crippen molar-refractivity contribution >= 4 is 0 Å². The van der Waals surface area contributed by atoms with E-state index in [-0.39, 0.29) is 6.10 Å². The number of hydrogen-bond acceptors (Lipinski definition) is 2. The SMILES string of the molecule is Cc1ccoc1C(O)C1CCC1. The van der Waals surface area contributed by atoms with Gasteiger partial charge in [-0.25, -0.2) is 0 Å². The number of hydrogen-bond donors (Lipinski definition) is 1. The molecule has 0 amide bonds. The fourth-order valence-electron chi connectivity index (χ4n) is 1.66. The Morgan fingerprint density at radius 2 is 2.33 bits per heavy atom. The van der Waals surface area contributed by atoms with E-state index in [2.05, 4.69) is 0 Å². The van der Waals surface area contributed by atoms with Gasteiger partial charge in [0, 0.05) is 0 Å². The minimum Gasteiger partial charge on any atom is -0.466 e. The lowest BCUT2D eigenvalue weighted by molar-refractivity contribution is 0.0438. The Kier molecular flexibility index (Phi) is 1.93. The first kappa shape index (κ1) is 7.87. The van der Waals surface area contributed by atoms with Crippen molar-refractivity contribution in [2.75, 3.05) is 0 Å². The van der Waals surface area contributed by atoms with Crippen LogP contribution in [0.1, 0.15) is 36.7 Å². The summed E-state index contributed by atoms with van der Waals surface area (Å²) in [6.45, 7) is 1.97. The maximum absolute atomic E-state index is 9.82. The second-order valence-electron chi connectivity index (χ2n) is 3.60. The summed E-state index contributed by atoms with van der Waals surface area (Å²) in [4.78, 5) is 0. The van der Waals surface area contributed by atoms with E-state index >= 15 is 0 Å². The van der Waals surface area contributed by atoms with E-state index in [4.69, 9.17) is 4.42 Å². The molecule has 1 unspecified atom stereocenters. The molecule has 0 aromatic carbocycles. The van der Waals surface area contributed by atoms with Crippen LogP contribution in [0.5, 0.6) is 0 Å². The molecule has 1 heterocycles. The Hall–Kier alpha value is -0.760. The molecule has 0 saturated heterocycles. The molecule has 2 rings (SSSR count). The van der Waals surface area contributed by atoms with Crippen molar-refractivity contribution in [3.8, 4) is 0 Å². The molecule has 0 spiro atoms. The highest BCUT2D eigenvalue weighted by Crippen LogP contribution is 2.38. The highest BCUT2D eigenvalue weighted by Gasteiger charge is 2.29. The monoisotopic (exact) mass is 166 g/mol. The van der Waals surface area contributed by atoms with Crippen LogP contribution in [0.3, 0.4) is 0 Å². The van der Waals surface area contributed by atoms with Crippen molar-refractivity contribution in [1.29, 1.82) is 0 Å². The molecular weight excluding hydrogens is 152 g/mol. The van der Waals surface area contributed by atoms with E-state index < -0.39 is 0 Å². The van der Waals surface area contributed by atoms with Gasteiger partial charge in [0.05, 0.1) is 6.26 Å². The minimum absolute atomic E-state index is 0.367. The van der Waals surface area contributed by atoms with Crippen LogP contribution in [0.25, 0.3) is 0 Å². The molecule has 1 aromatic heterocycles. The molecule has 1 aliphatic rings. The zero-order valence-electron chi connectivity index (χ0n) is 7.29. The van der Waals surface area contributed by atoms with Crippen molar-refractivity contribution in [3.05, 3.63) is 23.7 Å². The topological polar surface area (TPSA) is 33.4 Å². The maximum atomic E-state index is 9.82. The molecule has 1 aliphatic carbocycles. The Bertz CT molecular complexity index is 261. The lowest BCUT2D eigenvalue weighted by atomic mass is 9.80. The number of aryl methyl sites for hydroxylation is 1. The summed E-state index contributed by atoms with van der Waals surface area (Å²) in [7, 11) is 0. The molecule has 66 valence electrons. The first-order valence-corrected chi connectivity index (χ1v) is 4.51. The van der Waals surface area contributed by atoms with Crippen molar-refractivity contribution in [2.45, 2.75) is 32.3 Å². The van der Waals surface area contributed by atoms with Crippen LogP contribution in [0.2, 0.25) is 0 Å². The van der Waals surface area contributed by atoms with Crippen molar-refractivity contribution < 1.29 is 9.52 Å². The normalized spacial score (nSPS) is 20.5. The average Bonchev–Trinajstić information content (AvgIpc) is 2.31. The van der Waals surface area contributed by atoms with Crippen molar-refractivity contribution in [1.82, 2.24) is 0 Å². The van der Waals surface area contributed by atoms with Crippen LogP contribution in [-0.4, -0.2) is 5.11 Å². The van der Waals surface area contributed by atoms with E-state index in [1.165, 1.54) is 6.42 Å². The predicted octanol–water partition coefficient (Wildman–Crippen LogP) is 2.42. The van der Waals surface area contributed by atoms with E-state index in [9.17, 15) is 5.11 Å². The summed E-state index contributed by atoms with van der Waals surface area (Å²) in [5.41, 5.74) is 1.06. The molecular formula is C10H14O2. The zero-order chi connectivity index (χ0) is 8.55. The van der Waals surface area contributed by atoms with E-state index in [1.54, 1.807) is 6.26 Å². The Morgan fingerprint density at radius 1 is 1.58 bits per heavy atom. The Morgan fingerprint density at radius 3 is 2.75 bits per heavy atom. The second-order valence-corrected chi connectivity index (χ2v) is 3.60. The molecule has 0 bridgehead atoms. The third-order valence-electron chi connectivity index (χ3n) is 2.77. The molecule has 0 radical (unpaired) electrons. The van der Waals surface area contributed by atoms with Gasteiger partial charge in [-0.1, -0.05) is 6.42 Å². The Balaban J connectivity index is 2.13. The van der Waals surface area contributed by atoms with Gasteiger partial charge in [-0.15, -0.1) is 0 Å². The van der Waals surface area contributed by atoms with Gasteiger partial charge in [0.2, 0.25) is 0 Å². The lowest BCUT2D eigenvalue weighted by Gasteiger charge is -2.29. The highest BCUT2D eigenvalue weighted by atomic mass is 16.4. The van der Waals surface area contributed by atoms with Gasteiger partial charge in [0.25, 0.3) is 0 Å². The molecule has 2 heteroatoms. The molecule has 1 N–H and O–H groups in total. The number of rotatable bonds is 2. The summed E-state index contributed by atoms with van der Waals surface area (Å²) in [6, 6.07) is 1.90.